The Kier molecular flexibility index (Phi) is 15.4. The second kappa shape index (κ2) is 18.7. The van der Waals surface area contributed by atoms with E-state index in [1.54, 1.807) is 27.7 Å². The molecule has 18 heteroatoms. The fourth-order valence-electron chi connectivity index (χ4n) is 5.20. The van der Waals surface area contributed by atoms with Crippen molar-refractivity contribution < 1.29 is 56.2 Å². The van der Waals surface area contributed by atoms with Gasteiger partial charge in [0.05, 0.1) is 41.8 Å². The molecule has 2 aromatic rings. The normalized spacial score (nSPS) is 18.5. The maximum Gasteiger partial charge on any atom is 0.407 e. The third-order valence-corrected chi connectivity index (χ3v) is 11.4. The standard InChI is InChI=1S/C31H46N3O13PS/c1-5-17-33(49(41,42)26-14-12-25(13-15-26)44-21-48(40,45-6-2)46-7-3)20-29(35)28(19-23-8-10-24(11-9-23)34(38)39)32-31(37)47-22(4)27-16-18-43-30(27)36/h8-15,22,27-30,35-36H,5-7,16-21H2,1-4H3,(H,32,37)/t22-,27-,28-,29+,30-/m0/s1. The SMILES string of the molecule is CCCN(C[C@@H](O)[C@H](Cc1ccc([N+](=O)[O-])cc1)NC(=O)O[C@@H](C)[C@@H]1CCO[C@@H]1O)S(=O)(=O)c1ccc(OCP(=O)(OCC)OCC)cc1. The molecule has 1 saturated heterocycles. The van der Waals surface area contributed by atoms with Crippen LogP contribution in [0.4, 0.5) is 10.5 Å². The van der Waals surface area contributed by atoms with E-state index < -0.39 is 65.6 Å². The van der Waals surface area contributed by atoms with Gasteiger partial charge >= 0.3 is 13.7 Å². The number of carbonyl (C=O) groups is 1. The predicted octanol–water partition coefficient (Wildman–Crippen LogP) is 4.04. The first-order chi connectivity index (χ1) is 23.2. The number of hydrogen-bond donors (Lipinski definition) is 3. The smallest absolute Gasteiger partial charge is 0.407 e. The van der Waals surface area contributed by atoms with Crippen LogP contribution in [0.3, 0.4) is 0 Å². The highest BCUT2D eigenvalue weighted by molar-refractivity contribution is 7.89. The zero-order valence-corrected chi connectivity index (χ0v) is 29.7. The van der Waals surface area contributed by atoms with Gasteiger partial charge in [-0.2, -0.15) is 4.31 Å². The van der Waals surface area contributed by atoms with Crippen LogP contribution in [0.15, 0.2) is 53.4 Å². The Morgan fingerprint density at radius 3 is 2.29 bits per heavy atom. The van der Waals surface area contributed by atoms with E-state index in [0.29, 0.717) is 25.0 Å². The number of aliphatic hydroxyl groups is 2. The maximum absolute atomic E-state index is 13.8. The lowest BCUT2D eigenvalue weighted by Crippen LogP contribution is -2.51. The first-order valence-corrected chi connectivity index (χ1v) is 19.2. The van der Waals surface area contributed by atoms with Crippen LogP contribution in [0, 0.1) is 16.0 Å². The van der Waals surface area contributed by atoms with Crippen LogP contribution in [0.25, 0.3) is 0 Å². The van der Waals surface area contributed by atoms with Gasteiger partial charge in [0.15, 0.2) is 12.6 Å². The molecule has 1 aliphatic rings. The molecular weight excluding hydrogens is 685 g/mol. The molecule has 274 valence electrons. The molecule has 3 rings (SSSR count). The topological polar surface area (TPSA) is 213 Å². The summed E-state index contributed by atoms with van der Waals surface area (Å²) in [4.78, 5) is 23.5. The third-order valence-electron chi connectivity index (χ3n) is 7.74. The summed E-state index contributed by atoms with van der Waals surface area (Å²) in [6.45, 7) is 6.96. The van der Waals surface area contributed by atoms with Gasteiger partial charge in [-0.25, -0.2) is 13.2 Å². The van der Waals surface area contributed by atoms with Gasteiger partial charge in [-0.05, 0) is 69.9 Å². The third kappa shape index (κ3) is 11.7. The van der Waals surface area contributed by atoms with Crippen molar-refractivity contribution in [3.8, 4) is 5.75 Å². The molecule has 5 atom stereocenters. The van der Waals surface area contributed by atoms with Crippen LogP contribution in [-0.4, -0.2) is 97.8 Å². The molecule has 0 aromatic heterocycles. The molecule has 0 radical (unpaired) electrons. The minimum absolute atomic E-state index is 0.0167. The molecule has 1 heterocycles. The summed E-state index contributed by atoms with van der Waals surface area (Å²) >= 11 is 0. The maximum atomic E-state index is 13.8. The number of rotatable bonds is 20. The van der Waals surface area contributed by atoms with Gasteiger partial charge < -0.3 is 38.8 Å². The van der Waals surface area contributed by atoms with E-state index >= 15 is 0 Å². The van der Waals surface area contributed by atoms with Crippen molar-refractivity contribution in [2.75, 3.05) is 39.3 Å². The second-order valence-electron chi connectivity index (χ2n) is 11.3. The number of ether oxygens (including phenoxy) is 3. The molecular formula is C31H46N3O13PS. The van der Waals surface area contributed by atoms with Crippen LogP contribution in [-0.2, 0) is 39.5 Å². The van der Waals surface area contributed by atoms with Crippen LogP contribution in [0.2, 0.25) is 0 Å². The number of nitrogens with zero attached hydrogens (tertiary/aromatic N) is 2. The zero-order valence-electron chi connectivity index (χ0n) is 28.0. The summed E-state index contributed by atoms with van der Waals surface area (Å²) in [5.41, 5.74) is 0.384. The van der Waals surface area contributed by atoms with E-state index in [4.69, 9.17) is 23.3 Å². The van der Waals surface area contributed by atoms with Crippen molar-refractivity contribution >= 4 is 29.4 Å². The van der Waals surface area contributed by atoms with E-state index in [1.807, 2.05) is 0 Å². The van der Waals surface area contributed by atoms with E-state index in [1.165, 1.54) is 48.5 Å². The largest absolute Gasteiger partial charge is 0.481 e. The Hall–Kier alpha value is -3.15. The van der Waals surface area contributed by atoms with Crippen LogP contribution >= 0.6 is 7.60 Å². The highest BCUT2D eigenvalue weighted by Crippen LogP contribution is 2.47. The summed E-state index contributed by atoms with van der Waals surface area (Å²) in [7, 11) is -7.67. The molecule has 0 saturated carbocycles. The lowest BCUT2D eigenvalue weighted by atomic mass is 10.0. The average Bonchev–Trinajstić information content (AvgIpc) is 3.49. The number of amides is 1. The highest BCUT2D eigenvalue weighted by atomic mass is 32.2. The van der Waals surface area contributed by atoms with Crippen molar-refractivity contribution in [2.45, 2.75) is 76.4 Å². The summed E-state index contributed by atoms with van der Waals surface area (Å²) in [5.74, 6) is -0.220. The highest BCUT2D eigenvalue weighted by Gasteiger charge is 2.35. The monoisotopic (exact) mass is 731 g/mol. The number of nitro benzene ring substituents is 1. The summed E-state index contributed by atoms with van der Waals surface area (Å²) in [5, 5.41) is 35.2. The van der Waals surface area contributed by atoms with Gasteiger partial charge in [0.2, 0.25) is 10.0 Å². The van der Waals surface area contributed by atoms with Crippen LogP contribution in [0.5, 0.6) is 5.75 Å². The fourth-order valence-corrected chi connectivity index (χ4v) is 8.07. The van der Waals surface area contributed by atoms with Crippen molar-refractivity contribution in [1.82, 2.24) is 9.62 Å². The lowest BCUT2D eigenvalue weighted by Gasteiger charge is -2.30. The molecule has 2 aromatic carbocycles. The van der Waals surface area contributed by atoms with E-state index in [2.05, 4.69) is 5.32 Å². The van der Waals surface area contributed by atoms with Crippen molar-refractivity contribution in [3.63, 3.8) is 0 Å². The Labute approximate surface area is 286 Å². The molecule has 1 fully saturated rings. The van der Waals surface area contributed by atoms with Gasteiger partial charge in [-0.15, -0.1) is 0 Å². The van der Waals surface area contributed by atoms with E-state index in [0.717, 1.165) is 4.31 Å². The number of alkyl carbamates (subject to hydrolysis) is 1. The zero-order chi connectivity index (χ0) is 36.2. The Balaban J connectivity index is 1.78. The molecule has 16 nitrogen and oxygen atoms in total. The number of carbonyl (C=O) groups excluding carboxylic acids is 1. The first kappa shape index (κ1) is 40.3. The molecule has 1 aliphatic heterocycles. The van der Waals surface area contributed by atoms with Gasteiger partial charge in [0, 0.05) is 31.1 Å². The second-order valence-corrected chi connectivity index (χ2v) is 15.3. The van der Waals surface area contributed by atoms with Gasteiger partial charge in [-0.1, -0.05) is 19.1 Å². The van der Waals surface area contributed by atoms with Crippen LogP contribution in [0.1, 0.15) is 46.1 Å². The lowest BCUT2D eigenvalue weighted by molar-refractivity contribution is -0.384. The Bertz CT molecular complexity index is 1500. The van der Waals surface area contributed by atoms with Gasteiger partial charge in [-0.3, -0.25) is 14.7 Å². The summed E-state index contributed by atoms with van der Waals surface area (Å²) < 4.78 is 67.9. The summed E-state index contributed by atoms with van der Waals surface area (Å²) in [6, 6.07) is 9.88. The van der Waals surface area contributed by atoms with Gasteiger partial charge in [0.25, 0.3) is 5.69 Å². The number of benzene rings is 2. The van der Waals surface area contributed by atoms with Gasteiger partial charge in [0.1, 0.15) is 11.9 Å². The number of sulfonamides is 1. The predicted molar refractivity (Wildman–Crippen MR) is 178 cm³/mol. The number of nitro groups is 1. The van der Waals surface area contributed by atoms with Crippen molar-refractivity contribution in [1.29, 1.82) is 0 Å². The van der Waals surface area contributed by atoms with Crippen LogP contribution < -0.4 is 10.1 Å². The first-order valence-electron chi connectivity index (χ1n) is 16.0. The summed E-state index contributed by atoms with van der Waals surface area (Å²) in [6.07, 6.45) is -3.68. The minimum Gasteiger partial charge on any atom is -0.481 e. The molecule has 0 aliphatic carbocycles. The molecule has 0 bridgehead atoms. The Morgan fingerprint density at radius 1 is 1.12 bits per heavy atom. The number of aliphatic hydroxyl groups excluding tert-OH is 2. The fraction of sp³-hybridized carbons (Fsp3) is 0.581. The molecule has 3 N–H and O–H groups in total. The average molecular weight is 732 g/mol. The number of nitrogens with one attached hydrogen (secondary N) is 1. The Morgan fingerprint density at radius 2 is 1.76 bits per heavy atom. The van der Waals surface area contributed by atoms with E-state index in [-0.39, 0.29) is 48.9 Å². The molecule has 49 heavy (non-hydrogen) atoms. The van der Waals surface area contributed by atoms with Crippen molar-refractivity contribution in [2.24, 2.45) is 5.92 Å². The van der Waals surface area contributed by atoms with Crippen molar-refractivity contribution in [3.05, 3.63) is 64.2 Å². The molecule has 1 amide bonds. The minimum atomic E-state index is -4.17. The molecule has 0 unspecified atom stereocenters. The number of non-ortho nitro benzene ring substituents is 1. The van der Waals surface area contributed by atoms with E-state index in [9.17, 15) is 38.1 Å². The molecule has 0 spiro atoms. The quantitative estimate of drug-likeness (QED) is 0.0998. The number of hydrogen-bond acceptors (Lipinski definition) is 13.